The number of nitrogens with one attached hydrogen (secondary N) is 1. The molecule has 25 heavy (non-hydrogen) atoms. The Balaban J connectivity index is 1.41. The Kier molecular flexibility index (Phi) is 4.13. The number of likely N-dealkylation sites (tertiary alicyclic amines) is 1. The number of para-hydroxylation sites is 2. The van der Waals surface area contributed by atoms with Gasteiger partial charge >= 0.3 is 0 Å². The van der Waals surface area contributed by atoms with Gasteiger partial charge in [0.1, 0.15) is 11.3 Å². The zero-order valence-corrected chi connectivity index (χ0v) is 13.7. The van der Waals surface area contributed by atoms with Gasteiger partial charge in [-0.1, -0.05) is 12.1 Å². The maximum Gasteiger partial charge on any atom is 0.280 e. The van der Waals surface area contributed by atoms with Crippen molar-refractivity contribution in [3.8, 4) is 0 Å². The molecule has 1 aromatic carbocycles. The van der Waals surface area contributed by atoms with Crippen molar-refractivity contribution in [3.05, 3.63) is 52.3 Å². The zero-order chi connectivity index (χ0) is 17.2. The number of H-pyrrole nitrogens is 1. The summed E-state index contributed by atoms with van der Waals surface area (Å²) in [7, 11) is 0. The summed E-state index contributed by atoms with van der Waals surface area (Å²) in [4.78, 5) is 29.9. The Morgan fingerprint density at radius 3 is 3.04 bits per heavy atom. The second-order valence-corrected chi connectivity index (χ2v) is 6.38. The van der Waals surface area contributed by atoms with Gasteiger partial charge in [0.2, 0.25) is 5.91 Å². The number of benzene rings is 1. The van der Waals surface area contributed by atoms with Crippen LogP contribution in [0.2, 0.25) is 0 Å². The largest absolute Gasteiger partial charge is 0.440 e. The van der Waals surface area contributed by atoms with Gasteiger partial charge in [-0.25, -0.2) is 4.98 Å². The van der Waals surface area contributed by atoms with Crippen LogP contribution in [0.3, 0.4) is 0 Å². The van der Waals surface area contributed by atoms with Crippen LogP contribution in [0.1, 0.15) is 36.8 Å². The van der Waals surface area contributed by atoms with Crippen molar-refractivity contribution in [1.82, 2.24) is 15.0 Å². The standard InChI is InChI=1S/C18H19N3O4/c22-16-10-13(25-20-16)7-8-17(23)21-9-3-4-12(11-21)18-19-14-5-1-2-6-15(14)24-18/h1-2,5-6,10,12H,3-4,7-9,11H2,(H,20,22)/t12-/m1/s1. The van der Waals surface area contributed by atoms with E-state index in [1.54, 1.807) is 0 Å². The number of carbonyl (C=O) groups excluding carboxylic acids is 1. The van der Waals surface area contributed by atoms with Crippen LogP contribution in [0.15, 0.2) is 44.1 Å². The molecule has 0 saturated carbocycles. The Morgan fingerprint density at radius 2 is 2.24 bits per heavy atom. The Labute approximate surface area is 143 Å². The second-order valence-electron chi connectivity index (χ2n) is 6.38. The predicted molar refractivity (Wildman–Crippen MR) is 90.2 cm³/mol. The minimum Gasteiger partial charge on any atom is -0.440 e. The molecule has 1 amide bonds. The number of oxazole rings is 1. The summed E-state index contributed by atoms with van der Waals surface area (Å²) in [5.74, 6) is 1.39. The summed E-state index contributed by atoms with van der Waals surface area (Å²) >= 11 is 0. The first-order chi connectivity index (χ1) is 12.2. The van der Waals surface area contributed by atoms with E-state index in [1.165, 1.54) is 6.07 Å². The van der Waals surface area contributed by atoms with Gasteiger partial charge in [-0.3, -0.25) is 9.59 Å². The van der Waals surface area contributed by atoms with E-state index in [0.29, 0.717) is 31.0 Å². The summed E-state index contributed by atoms with van der Waals surface area (Å²) in [5, 5.41) is 2.24. The number of hydrogen-bond acceptors (Lipinski definition) is 5. The van der Waals surface area contributed by atoms with Crippen LogP contribution in [0.5, 0.6) is 0 Å². The van der Waals surface area contributed by atoms with Crippen LogP contribution in [0.25, 0.3) is 11.1 Å². The third kappa shape index (κ3) is 3.35. The number of amides is 1. The molecule has 130 valence electrons. The monoisotopic (exact) mass is 341 g/mol. The SMILES string of the molecule is O=C(CCc1cc(=O)[nH]o1)N1CCC[C@@H](c2nc3ccccc3o2)C1. The first-order valence-electron chi connectivity index (χ1n) is 8.49. The average molecular weight is 341 g/mol. The summed E-state index contributed by atoms with van der Waals surface area (Å²) in [6.45, 7) is 1.36. The lowest BCUT2D eigenvalue weighted by Crippen LogP contribution is -2.39. The van der Waals surface area contributed by atoms with Crippen LogP contribution in [0.4, 0.5) is 0 Å². The number of aryl methyl sites for hydroxylation is 1. The lowest BCUT2D eigenvalue weighted by molar-refractivity contribution is -0.132. The lowest BCUT2D eigenvalue weighted by Gasteiger charge is -2.31. The van der Waals surface area contributed by atoms with E-state index in [-0.39, 0.29) is 17.4 Å². The highest BCUT2D eigenvalue weighted by atomic mass is 16.5. The Bertz CT molecular complexity index is 906. The molecular weight excluding hydrogens is 322 g/mol. The summed E-state index contributed by atoms with van der Waals surface area (Å²) in [6, 6.07) is 9.07. The van der Waals surface area contributed by atoms with Crippen molar-refractivity contribution in [2.75, 3.05) is 13.1 Å². The molecule has 0 unspecified atom stereocenters. The zero-order valence-electron chi connectivity index (χ0n) is 13.7. The molecule has 4 rings (SSSR count). The van der Waals surface area contributed by atoms with Gasteiger partial charge in [-0.05, 0) is 25.0 Å². The first kappa shape index (κ1) is 15.7. The van der Waals surface area contributed by atoms with Crippen LogP contribution in [0, 0.1) is 0 Å². The fourth-order valence-corrected chi connectivity index (χ4v) is 3.30. The molecule has 7 heteroatoms. The Hall–Kier alpha value is -2.83. The highest BCUT2D eigenvalue weighted by Crippen LogP contribution is 2.29. The molecule has 3 heterocycles. The van der Waals surface area contributed by atoms with E-state index >= 15 is 0 Å². The van der Waals surface area contributed by atoms with Crippen LogP contribution < -0.4 is 5.56 Å². The molecule has 1 N–H and O–H groups in total. The third-order valence-electron chi connectivity index (χ3n) is 4.59. The van der Waals surface area contributed by atoms with Crippen LogP contribution >= 0.6 is 0 Å². The van der Waals surface area contributed by atoms with Crippen molar-refractivity contribution in [2.45, 2.75) is 31.6 Å². The predicted octanol–water partition coefficient (Wildman–Crippen LogP) is 2.45. The van der Waals surface area contributed by atoms with Gasteiger partial charge in [0.15, 0.2) is 11.5 Å². The minimum atomic E-state index is -0.281. The van der Waals surface area contributed by atoms with Crippen molar-refractivity contribution < 1.29 is 13.7 Å². The topological polar surface area (TPSA) is 92.3 Å². The molecule has 3 aromatic rings. The number of rotatable bonds is 4. The molecule has 1 aliphatic heterocycles. The molecule has 1 saturated heterocycles. The number of fused-ring (bicyclic) bond motifs is 1. The molecule has 1 fully saturated rings. The molecule has 1 atom stereocenters. The van der Waals surface area contributed by atoms with E-state index in [4.69, 9.17) is 8.94 Å². The van der Waals surface area contributed by atoms with E-state index < -0.39 is 0 Å². The maximum atomic E-state index is 12.5. The van der Waals surface area contributed by atoms with Gasteiger partial charge < -0.3 is 13.8 Å². The van der Waals surface area contributed by atoms with Gasteiger partial charge in [0, 0.05) is 32.0 Å². The fourth-order valence-electron chi connectivity index (χ4n) is 3.30. The van der Waals surface area contributed by atoms with E-state index in [0.717, 1.165) is 30.5 Å². The van der Waals surface area contributed by atoms with E-state index in [1.807, 2.05) is 29.2 Å². The molecule has 1 aliphatic rings. The smallest absolute Gasteiger partial charge is 0.280 e. The lowest BCUT2D eigenvalue weighted by atomic mass is 9.97. The highest BCUT2D eigenvalue weighted by Gasteiger charge is 2.28. The number of nitrogens with zero attached hydrogens (tertiary/aromatic N) is 2. The van der Waals surface area contributed by atoms with Gasteiger partial charge in [0.25, 0.3) is 5.56 Å². The molecule has 2 aromatic heterocycles. The normalized spacial score (nSPS) is 17.9. The summed E-state index contributed by atoms with van der Waals surface area (Å²) < 4.78 is 10.9. The van der Waals surface area contributed by atoms with Crippen LogP contribution in [-0.2, 0) is 11.2 Å². The third-order valence-corrected chi connectivity index (χ3v) is 4.59. The molecule has 0 spiro atoms. The van der Waals surface area contributed by atoms with Crippen molar-refractivity contribution in [2.24, 2.45) is 0 Å². The number of carbonyl (C=O) groups is 1. The number of aromatic amines is 1. The van der Waals surface area contributed by atoms with Gasteiger partial charge in [-0.2, -0.15) is 5.16 Å². The second kappa shape index (κ2) is 6.58. The van der Waals surface area contributed by atoms with Crippen molar-refractivity contribution in [3.63, 3.8) is 0 Å². The van der Waals surface area contributed by atoms with E-state index in [2.05, 4.69) is 10.1 Å². The van der Waals surface area contributed by atoms with Gasteiger partial charge in [-0.15, -0.1) is 0 Å². The van der Waals surface area contributed by atoms with E-state index in [9.17, 15) is 9.59 Å². The summed E-state index contributed by atoms with van der Waals surface area (Å²) in [6.07, 6.45) is 2.63. The molecule has 0 bridgehead atoms. The molecule has 7 nitrogen and oxygen atoms in total. The minimum absolute atomic E-state index is 0.0599. The fraction of sp³-hybridized carbons (Fsp3) is 0.389. The summed E-state index contributed by atoms with van der Waals surface area (Å²) in [5.41, 5.74) is 1.35. The number of hydrogen-bond donors (Lipinski definition) is 1. The van der Waals surface area contributed by atoms with Crippen molar-refractivity contribution >= 4 is 17.0 Å². The number of piperidine rings is 1. The Morgan fingerprint density at radius 1 is 1.36 bits per heavy atom. The first-order valence-corrected chi connectivity index (χ1v) is 8.49. The van der Waals surface area contributed by atoms with Crippen molar-refractivity contribution in [1.29, 1.82) is 0 Å². The average Bonchev–Trinajstić information content (AvgIpc) is 3.25. The maximum absolute atomic E-state index is 12.5. The molecule has 0 aliphatic carbocycles. The van der Waals surface area contributed by atoms with Crippen LogP contribution in [-0.4, -0.2) is 34.0 Å². The highest BCUT2D eigenvalue weighted by molar-refractivity contribution is 5.76. The molecular formula is C18H19N3O4. The quantitative estimate of drug-likeness (QED) is 0.787. The number of aromatic nitrogens is 2. The molecule has 0 radical (unpaired) electrons. The van der Waals surface area contributed by atoms with Gasteiger partial charge in [0.05, 0.1) is 5.92 Å².